The van der Waals surface area contributed by atoms with Crippen LogP contribution in [-0.4, -0.2) is 9.85 Å². The first-order valence-electron chi connectivity index (χ1n) is 11.3. The van der Waals surface area contributed by atoms with Crippen LogP contribution in [0.3, 0.4) is 0 Å². The average Bonchev–Trinajstić information content (AvgIpc) is 2.90. The summed E-state index contributed by atoms with van der Waals surface area (Å²) in [5.41, 5.74) is 1.73. The molecule has 6 nitrogen and oxygen atoms in total. The van der Waals surface area contributed by atoms with Crippen molar-refractivity contribution >= 4 is 57.2 Å². The van der Waals surface area contributed by atoms with Crippen molar-refractivity contribution in [1.82, 2.24) is 0 Å². The zero-order valence-corrected chi connectivity index (χ0v) is 19.1. The van der Waals surface area contributed by atoms with Gasteiger partial charge in [-0.1, -0.05) is 97.1 Å². The number of nitro benzene ring substituents is 2. The maximum atomic E-state index is 11.8. The van der Waals surface area contributed by atoms with E-state index in [2.05, 4.69) is 0 Å². The van der Waals surface area contributed by atoms with Gasteiger partial charge in [-0.05, 0) is 50.9 Å². The van der Waals surface area contributed by atoms with Gasteiger partial charge in [0, 0.05) is 0 Å². The summed E-state index contributed by atoms with van der Waals surface area (Å²) in [4.78, 5) is 22.4. The standard InChI is InChI=1S/C30H20N2O4/c33-31(34)29-20-30(32(35)36)26(18-16-24-12-6-10-22-8-2-4-14-28(22)24)19-25(29)17-15-23-11-5-9-21-7-1-3-13-27(21)23/h1-20H/b17-15-,18-16-. The summed E-state index contributed by atoms with van der Waals surface area (Å²) in [6, 6.07) is 30.0. The number of nitrogens with zero attached hydrogens (tertiary/aromatic N) is 2. The molecule has 0 amide bonds. The molecule has 0 saturated heterocycles. The van der Waals surface area contributed by atoms with Gasteiger partial charge in [0.1, 0.15) is 0 Å². The molecule has 0 bridgehead atoms. The lowest BCUT2D eigenvalue weighted by Crippen LogP contribution is -1.98. The summed E-state index contributed by atoms with van der Waals surface area (Å²) in [5, 5.41) is 27.7. The van der Waals surface area contributed by atoms with Gasteiger partial charge in [0.05, 0.1) is 27.0 Å². The van der Waals surface area contributed by atoms with E-state index < -0.39 is 9.85 Å². The summed E-state index contributed by atoms with van der Waals surface area (Å²) < 4.78 is 0. The number of rotatable bonds is 6. The zero-order chi connectivity index (χ0) is 25.1. The fourth-order valence-corrected chi connectivity index (χ4v) is 4.35. The van der Waals surface area contributed by atoms with Crippen molar-refractivity contribution in [3.05, 3.63) is 140 Å². The van der Waals surface area contributed by atoms with E-state index in [-0.39, 0.29) is 22.5 Å². The van der Waals surface area contributed by atoms with Crippen molar-refractivity contribution in [2.75, 3.05) is 0 Å². The van der Waals surface area contributed by atoms with Gasteiger partial charge < -0.3 is 0 Å². The highest BCUT2D eigenvalue weighted by molar-refractivity contribution is 5.95. The molecule has 5 rings (SSSR count). The van der Waals surface area contributed by atoms with Gasteiger partial charge in [-0.3, -0.25) is 20.2 Å². The molecule has 0 aliphatic carbocycles. The Kier molecular flexibility index (Phi) is 6.07. The molecular formula is C30H20N2O4. The SMILES string of the molecule is O=[N+]([O-])c1cc([N+](=O)[O-])c(/C=C\c2cccc3ccccc23)cc1/C=C\c1cccc2ccccc12. The van der Waals surface area contributed by atoms with Crippen LogP contribution in [0.2, 0.25) is 0 Å². The molecule has 0 radical (unpaired) electrons. The summed E-state index contributed by atoms with van der Waals surface area (Å²) in [6.45, 7) is 0. The molecule has 0 spiro atoms. The van der Waals surface area contributed by atoms with Crippen LogP contribution < -0.4 is 0 Å². The number of hydrogen-bond acceptors (Lipinski definition) is 4. The first-order valence-corrected chi connectivity index (χ1v) is 11.3. The second-order valence-electron chi connectivity index (χ2n) is 8.29. The quantitative estimate of drug-likeness (QED) is 0.142. The second kappa shape index (κ2) is 9.64. The lowest BCUT2D eigenvalue weighted by molar-refractivity contribution is -0.394. The molecule has 0 atom stereocenters. The van der Waals surface area contributed by atoms with Crippen LogP contribution >= 0.6 is 0 Å². The topological polar surface area (TPSA) is 86.3 Å². The maximum Gasteiger partial charge on any atom is 0.283 e. The maximum absolute atomic E-state index is 11.8. The minimum Gasteiger partial charge on any atom is -0.258 e. The van der Waals surface area contributed by atoms with Crippen LogP contribution in [0.5, 0.6) is 0 Å². The van der Waals surface area contributed by atoms with Crippen molar-refractivity contribution in [3.63, 3.8) is 0 Å². The molecule has 0 unspecified atom stereocenters. The number of nitro groups is 2. The van der Waals surface area contributed by atoms with Crippen molar-refractivity contribution in [1.29, 1.82) is 0 Å². The lowest BCUT2D eigenvalue weighted by atomic mass is 10.0. The van der Waals surface area contributed by atoms with E-state index in [0.29, 0.717) is 0 Å². The summed E-state index contributed by atoms with van der Waals surface area (Å²) in [5.74, 6) is 0. The molecule has 0 N–H and O–H groups in total. The van der Waals surface area contributed by atoms with Gasteiger partial charge in [0.15, 0.2) is 0 Å². The monoisotopic (exact) mass is 472 g/mol. The third-order valence-corrected chi connectivity index (χ3v) is 6.10. The van der Waals surface area contributed by atoms with Crippen LogP contribution in [0.4, 0.5) is 11.4 Å². The third-order valence-electron chi connectivity index (χ3n) is 6.10. The molecule has 0 heterocycles. The molecule has 0 aliphatic rings. The first-order chi connectivity index (χ1) is 17.5. The van der Waals surface area contributed by atoms with Crippen LogP contribution in [0.25, 0.3) is 45.8 Å². The Labute approximate surface area is 206 Å². The predicted octanol–water partition coefficient (Wildman–Crippen LogP) is 8.15. The minimum atomic E-state index is -0.589. The van der Waals surface area contributed by atoms with Gasteiger partial charge >= 0.3 is 0 Å². The van der Waals surface area contributed by atoms with Crippen LogP contribution in [-0.2, 0) is 0 Å². The van der Waals surface area contributed by atoms with E-state index in [9.17, 15) is 20.2 Å². The van der Waals surface area contributed by atoms with Gasteiger partial charge in [-0.25, -0.2) is 0 Å². The highest BCUT2D eigenvalue weighted by Gasteiger charge is 2.22. The molecule has 0 aromatic heterocycles. The lowest BCUT2D eigenvalue weighted by Gasteiger charge is -2.05. The summed E-state index contributed by atoms with van der Waals surface area (Å²) in [7, 11) is 0. The highest BCUT2D eigenvalue weighted by Crippen LogP contribution is 2.32. The van der Waals surface area contributed by atoms with Crippen LogP contribution in [0.15, 0.2) is 97.1 Å². The summed E-state index contributed by atoms with van der Waals surface area (Å²) >= 11 is 0. The van der Waals surface area contributed by atoms with Crippen LogP contribution in [0.1, 0.15) is 22.3 Å². The highest BCUT2D eigenvalue weighted by atomic mass is 16.6. The Hall–Kier alpha value is -5.10. The van der Waals surface area contributed by atoms with E-state index in [0.717, 1.165) is 38.7 Å². The molecule has 5 aromatic carbocycles. The summed E-state index contributed by atoms with van der Waals surface area (Å²) in [6.07, 6.45) is 6.88. The molecule has 0 saturated carbocycles. The van der Waals surface area contributed by atoms with Gasteiger partial charge in [0.2, 0.25) is 0 Å². The van der Waals surface area contributed by atoms with E-state index in [4.69, 9.17) is 0 Å². The van der Waals surface area contributed by atoms with Crippen molar-refractivity contribution in [2.24, 2.45) is 0 Å². The Morgan fingerprint density at radius 2 is 0.861 bits per heavy atom. The van der Waals surface area contributed by atoms with Crippen molar-refractivity contribution < 1.29 is 9.85 Å². The van der Waals surface area contributed by atoms with E-state index >= 15 is 0 Å². The Bertz CT molecular complexity index is 1570. The smallest absolute Gasteiger partial charge is 0.258 e. The molecular weight excluding hydrogens is 452 g/mol. The van der Waals surface area contributed by atoms with E-state index in [1.807, 2.05) is 84.9 Å². The second-order valence-corrected chi connectivity index (χ2v) is 8.29. The molecule has 0 aliphatic heterocycles. The molecule has 5 aromatic rings. The average molecular weight is 473 g/mol. The van der Waals surface area contributed by atoms with Crippen molar-refractivity contribution in [3.8, 4) is 0 Å². The first kappa shape index (κ1) is 22.7. The Balaban J connectivity index is 1.61. The van der Waals surface area contributed by atoms with E-state index in [1.54, 1.807) is 24.3 Å². The molecule has 6 heteroatoms. The molecule has 0 fully saturated rings. The van der Waals surface area contributed by atoms with Crippen molar-refractivity contribution in [2.45, 2.75) is 0 Å². The minimum absolute atomic E-state index is 0.288. The number of benzene rings is 5. The van der Waals surface area contributed by atoms with E-state index in [1.165, 1.54) is 6.07 Å². The fourth-order valence-electron chi connectivity index (χ4n) is 4.35. The Morgan fingerprint density at radius 1 is 0.472 bits per heavy atom. The number of hydrogen-bond donors (Lipinski definition) is 0. The fraction of sp³-hybridized carbons (Fsp3) is 0. The van der Waals surface area contributed by atoms with Gasteiger partial charge in [0.25, 0.3) is 11.4 Å². The van der Waals surface area contributed by atoms with Gasteiger partial charge in [-0.15, -0.1) is 0 Å². The van der Waals surface area contributed by atoms with Crippen LogP contribution in [0, 0.1) is 20.2 Å². The predicted molar refractivity (Wildman–Crippen MR) is 146 cm³/mol. The third kappa shape index (κ3) is 4.48. The number of fused-ring (bicyclic) bond motifs is 2. The Morgan fingerprint density at radius 3 is 1.31 bits per heavy atom. The normalized spacial score (nSPS) is 11.6. The zero-order valence-electron chi connectivity index (χ0n) is 19.1. The van der Waals surface area contributed by atoms with Gasteiger partial charge in [-0.2, -0.15) is 0 Å². The molecule has 36 heavy (non-hydrogen) atoms. The molecule has 174 valence electrons. The largest absolute Gasteiger partial charge is 0.283 e.